The van der Waals surface area contributed by atoms with Gasteiger partial charge in [0.1, 0.15) is 0 Å². The van der Waals surface area contributed by atoms with Crippen LogP contribution in [0.5, 0.6) is 0 Å². The third-order valence-corrected chi connectivity index (χ3v) is 4.26. The van der Waals surface area contributed by atoms with Gasteiger partial charge in [0, 0.05) is 54.0 Å². The fourth-order valence-electron chi connectivity index (χ4n) is 3.16. The minimum atomic E-state index is 0.530. The molecule has 2 atom stereocenters. The summed E-state index contributed by atoms with van der Waals surface area (Å²) < 4.78 is 0. The summed E-state index contributed by atoms with van der Waals surface area (Å²) in [5.41, 5.74) is 1.35. The molecule has 1 fully saturated rings. The number of anilines is 1. The van der Waals surface area contributed by atoms with Gasteiger partial charge in [0.2, 0.25) is 0 Å². The Labute approximate surface area is 121 Å². The lowest BCUT2D eigenvalue weighted by Gasteiger charge is -2.41. The lowest BCUT2D eigenvalue weighted by molar-refractivity contribution is 0.387. The number of nitrogens with zero attached hydrogens (tertiary/aromatic N) is 2. The van der Waals surface area contributed by atoms with Gasteiger partial charge < -0.3 is 10.2 Å². The van der Waals surface area contributed by atoms with Gasteiger partial charge in [-0.2, -0.15) is 0 Å². The second-order valence-corrected chi connectivity index (χ2v) is 5.77. The highest BCUT2D eigenvalue weighted by Gasteiger charge is 2.25. The van der Waals surface area contributed by atoms with Crippen LogP contribution in [0, 0.1) is 0 Å². The Hall–Kier alpha value is -1.61. The van der Waals surface area contributed by atoms with Gasteiger partial charge in [-0.15, -0.1) is 0 Å². The zero-order valence-corrected chi connectivity index (χ0v) is 12.3. The predicted octanol–water partition coefficient (Wildman–Crippen LogP) is 3.20. The average molecular weight is 269 g/mol. The van der Waals surface area contributed by atoms with Gasteiger partial charge >= 0.3 is 0 Å². The van der Waals surface area contributed by atoms with E-state index < -0.39 is 0 Å². The van der Waals surface area contributed by atoms with E-state index in [0.717, 1.165) is 13.1 Å². The summed E-state index contributed by atoms with van der Waals surface area (Å²) in [5.74, 6) is 0. The van der Waals surface area contributed by atoms with Crippen LogP contribution < -0.4 is 10.2 Å². The molecule has 1 aromatic carbocycles. The van der Waals surface area contributed by atoms with E-state index in [9.17, 15) is 0 Å². The molecule has 2 heterocycles. The average Bonchev–Trinajstić information content (AvgIpc) is 2.49. The number of benzene rings is 1. The number of hydrogen-bond acceptors (Lipinski definition) is 3. The van der Waals surface area contributed by atoms with Gasteiger partial charge in [-0.05, 0) is 25.5 Å². The van der Waals surface area contributed by atoms with Crippen molar-refractivity contribution in [3.63, 3.8) is 0 Å². The molecule has 1 aliphatic heterocycles. The van der Waals surface area contributed by atoms with Crippen LogP contribution in [0.1, 0.15) is 26.7 Å². The predicted molar refractivity (Wildman–Crippen MR) is 85.2 cm³/mol. The highest BCUT2D eigenvalue weighted by Crippen LogP contribution is 2.29. The molecular formula is C17H23N3. The van der Waals surface area contributed by atoms with Gasteiger partial charge in [-0.25, -0.2) is 0 Å². The summed E-state index contributed by atoms with van der Waals surface area (Å²) in [7, 11) is 0. The molecule has 1 saturated heterocycles. The first-order valence-electron chi connectivity index (χ1n) is 7.62. The largest absolute Gasteiger partial charge is 0.365 e. The fourth-order valence-corrected chi connectivity index (χ4v) is 3.16. The lowest BCUT2D eigenvalue weighted by Crippen LogP contribution is -2.55. The molecule has 20 heavy (non-hydrogen) atoms. The van der Waals surface area contributed by atoms with Crippen LogP contribution in [-0.2, 0) is 0 Å². The second kappa shape index (κ2) is 5.80. The minimum absolute atomic E-state index is 0.530. The van der Waals surface area contributed by atoms with Crippen molar-refractivity contribution in [2.24, 2.45) is 0 Å². The van der Waals surface area contributed by atoms with Crippen molar-refractivity contribution in [2.45, 2.75) is 38.8 Å². The van der Waals surface area contributed by atoms with E-state index >= 15 is 0 Å². The molecule has 0 radical (unpaired) electrons. The SMILES string of the molecule is CCCC1CN(c2cccc3cnccc23)C(C)CN1. The monoisotopic (exact) mass is 269 g/mol. The summed E-state index contributed by atoms with van der Waals surface area (Å²) in [5, 5.41) is 6.20. The highest BCUT2D eigenvalue weighted by atomic mass is 15.2. The van der Waals surface area contributed by atoms with E-state index in [1.54, 1.807) is 0 Å². The van der Waals surface area contributed by atoms with E-state index in [2.05, 4.69) is 53.3 Å². The first-order valence-corrected chi connectivity index (χ1v) is 7.62. The molecule has 0 aliphatic carbocycles. The topological polar surface area (TPSA) is 28.2 Å². The number of aromatic nitrogens is 1. The fraction of sp³-hybridized carbons (Fsp3) is 0.471. The van der Waals surface area contributed by atoms with Crippen LogP contribution in [0.25, 0.3) is 10.8 Å². The molecule has 0 saturated carbocycles. The highest BCUT2D eigenvalue weighted by molar-refractivity contribution is 5.93. The first-order chi connectivity index (χ1) is 9.79. The van der Waals surface area contributed by atoms with Gasteiger partial charge in [-0.3, -0.25) is 4.98 Å². The quantitative estimate of drug-likeness (QED) is 0.927. The summed E-state index contributed by atoms with van der Waals surface area (Å²) in [6.45, 7) is 6.71. The maximum Gasteiger partial charge on any atom is 0.0450 e. The molecule has 2 unspecified atom stereocenters. The number of fused-ring (bicyclic) bond motifs is 1. The number of rotatable bonds is 3. The second-order valence-electron chi connectivity index (χ2n) is 5.77. The third-order valence-electron chi connectivity index (χ3n) is 4.26. The molecular weight excluding hydrogens is 246 g/mol. The molecule has 0 amide bonds. The maximum atomic E-state index is 4.23. The van der Waals surface area contributed by atoms with Crippen LogP contribution in [0.15, 0.2) is 36.7 Å². The van der Waals surface area contributed by atoms with E-state index in [4.69, 9.17) is 0 Å². The zero-order valence-electron chi connectivity index (χ0n) is 12.3. The van der Waals surface area contributed by atoms with Gasteiger partial charge in [0.15, 0.2) is 0 Å². The van der Waals surface area contributed by atoms with Crippen molar-refractivity contribution in [1.82, 2.24) is 10.3 Å². The Kier molecular flexibility index (Phi) is 3.88. The number of pyridine rings is 1. The smallest absolute Gasteiger partial charge is 0.0450 e. The Morgan fingerprint density at radius 3 is 3.10 bits per heavy atom. The molecule has 0 spiro atoms. The maximum absolute atomic E-state index is 4.23. The molecule has 3 nitrogen and oxygen atoms in total. The van der Waals surface area contributed by atoms with Crippen LogP contribution in [0.3, 0.4) is 0 Å². The molecule has 3 heteroatoms. The lowest BCUT2D eigenvalue weighted by atomic mass is 10.0. The molecule has 1 aliphatic rings. The van der Waals surface area contributed by atoms with Crippen molar-refractivity contribution in [1.29, 1.82) is 0 Å². The van der Waals surface area contributed by atoms with Crippen molar-refractivity contribution < 1.29 is 0 Å². The van der Waals surface area contributed by atoms with Gasteiger partial charge in [0.25, 0.3) is 0 Å². The Morgan fingerprint density at radius 1 is 1.35 bits per heavy atom. The standard InChI is InChI=1S/C17H23N3/c1-3-5-15-12-20(13(2)10-19-15)17-7-4-6-14-11-18-9-8-16(14)17/h4,6-9,11,13,15,19H,3,5,10,12H2,1-2H3. The molecule has 2 aromatic rings. The minimum Gasteiger partial charge on any atom is -0.365 e. The summed E-state index contributed by atoms with van der Waals surface area (Å²) in [6.07, 6.45) is 6.33. The third kappa shape index (κ3) is 2.50. The number of piperazine rings is 1. The summed E-state index contributed by atoms with van der Waals surface area (Å²) >= 11 is 0. The number of nitrogens with one attached hydrogen (secondary N) is 1. The number of hydrogen-bond donors (Lipinski definition) is 1. The molecule has 0 bridgehead atoms. The van der Waals surface area contributed by atoms with Crippen molar-refractivity contribution >= 4 is 16.5 Å². The van der Waals surface area contributed by atoms with E-state index in [1.165, 1.54) is 29.3 Å². The van der Waals surface area contributed by atoms with E-state index in [0.29, 0.717) is 12.1 Å². The Bertz CT molecular complexity index is 576. The Balaban J connectivity index is 1.96. The molecule has 106 valence electrons. The normalized spacial score (nSPS) is 23.2. The van der Waals surface area contributed by atoms with E-state index in [1.807, 2.05) is 12.4 Å². The summed E-state index contributed by atoms with van der Waals surface area (Å²) in [4.78, 5) is 6.79. The van der Waals surface area contributed by atoms with E-state index in [-0.39, 0.29) is 0 Å². The van der Waals surface area contributed by atoms with Crippen molar-refractivity contribution in [3.8, 4) is 0 Å². The van der Waals surface area contributed by atoms with Gasteiger partial charge in [0.05, 0.1) is 0 Å². The first kappa shape index (κ1) is 13.4. The van der Waals surface area contributed by atoms with Crippen molar-refractivity contribution in [2.75, 3.05) is 18.0 Å². The molecule has 1 aromatic heterocycles. The van der Waals surface area contributed by atoms with Crippen LogP contribution in [-0.4, -0.2) is 30.2 Å². The van der Waals surface area contributed by atoms with Gasteiger partial charge in [-0.1, -0.05) is 25.5 Å². The van der Waals surface area contributed by atoms with Crippen LogP contribution >= 0.6 is 0 Å². The zero-order chi connectivity index (χ0) is 13.9. The molecule has 1 N–H and O–H groups in total. The van der Waals surface area contributed by atoms with Crippen LogP contribution in [0.4, 0.5) is 5.69 Å². The Morgan fingerprint density at radius 2 is 2.25 bits per heavy atom. The molecule has 3 rings (SSSR count). The summed E-state index contributed by atoms with van der Waals surface area (Å²) in [6, 6.07) is 9.79. The van der Waals surface area contributed by atoms with Crippen molar-refractivity contribution in [3.05, 3.63) is 36.7 Å². The van der Waals surface area contributed by atoms with Crippen LogP contribution in [0.2, 0.25) is 0 Å².